The van der Waals surface area contributed by atoms with Crippen LogP contribution < -0.4 is 10.0 Å². The van der Waals surface area contributed by atoms with E-state index in [9.17, 15) is 13.2 Å². The number of hydrogen-bond acceptors (Lipinski definition) is 5. The van der Waals surface area contributed by atoms with Crippen LogP contribution in [0.1, 0.15) is 25.0 Å². The van der Waals surface area contributed by atoms with Crippen molar-refractivity contribution in [2.24, 2.45) is 10.9 Å². The lowest BCUT2D eigenvalue weighted by Gasteiger charge is -2.17. The van der Waals surface area contributed by atoms with E-state index in [1.807, 2.05) is 26.8 Å². The van der Waals surface area contributed by atoms with Crippen molar-refractivity contribution in [3.63, 3.8) is 0 Å². The smallest absolute Gasteiger partial charge is 0.263 e. The van der Waals surface area contributed by atoms with Crippen molar-refractivity contribution in [2.75, 3.05) is 5.32 Å². The molecule has 2 heterocycles. The fourth-order valence-electron chi connectivity index (χ4n) is 2.62. The van der Waals surface area contributed by atoms with Crippen molar-refractivity contribution in [3.05, 3.63) is 53.7 Å². The highest BCUT2D eigenvalue weighted by atomic mass is 32.2. The van der Waals surface area contributed by atoms with Gasteiger partial charge in [0.15, 0.2) is 0 Å². The average molecular weight is 372 g/mol. The van der Waals surface area contributed by atoms with Gasteiger partial charge >= 0.3 is 0 Å². The molecule has 1 amide bonds. The number of anilines is 1. The van der Waals surface area contributed by atoms with E-state index in [4.69, 9.17) is 0 Å². The first-order valence-corrected chi connectivity index (χ1v) is 9.70. The van der Waals surface area contributed by atoms with Gasteiger partial charge in [0.2, 0.25) is 0 Å². The van der Waals surface area contributed by atoms with E-state index >= 15 is 0 Å². The summed E-state index contributed by atoms with van der Waals surface area (Å²) in [6, 6.07) is 9.37. The number of fused-ring (bicyclic) bond motifs is 1. The Balaban J connectivity index is 1.91. The number of nitrogens with one attached hydrogen (secondary N) is 2. The number of benzene rings is 1. The van der Waals surface area contributed by atoms with Crippen molar-refractivity contribution in [1.29, 1.82) is 0 Å². The highest BCUT2D eigenvalue weighted by molar-refractivity contribution is 7.90. The standard InChI is InChI=1S/C18H20N4O3S/c1-11(2)16(18(23)20-15-9-8-12(3)10-19-15)21-17-13-6-4-5-7-14(13)26(24,25)22-17/h4-11,16H,1-3H3,(H,21,22)(H,19,20,23)/t16-/m1/s1. The average Bonchev–Trinajstić information content (AvgIpc) is 2.85. The minimum Gasteiger partial charge on any atom is -0.309 e. The Morgan fingerprint density at radius 3 is 2.58 bits per heavy atom. The summed E-state index contributed by atoms with van der Waals surface area (Å²) in [4.78, 5) is 21.4. The topological polar surface area (TPSA) is 101 Å². The molecule has 1 aromatic carbocycles. The van der Waals surface area contributed by atoms with Crippen LogP contribution in [-0.2, 0) is 14.8 Å². The van der Waals surface area contributed by atoms with Crippen LogP contribution in [0.25, 0.3) is 0 Å². The maximum absolute atomic E-state index is 12.7. The number of amides is 1. The monoisotopic (exact) mass is 372 g/mol. The Morgan fingerprint density at radius 1 is 1.19 bits per heavy atom. The molecular formula is C18H20N4O3S. The number of aliphatic imine (C=N–C) groups is 1. The normalized spacial score (nSPS) is 17.6. The Bertz CT molecular complexity index is 966. The number of pyridine rings is 1. The SMILES string of the molecule is Cc1ccc(NC(=O)[C@H](N=C2NS(=O)(=O)c3ccccc32)C(C)C)nc1. The third-order valence-electron chi connectivity index (χ3n) is 3.99. The van der Waals surface area contributed by atoms with Crippen LogP contribution in [0.5, 0.6) is 0 Å². The first kappa shape index (κ1) is 18.1. The molecule has 0 fully saturated rings. The number of aromatic nitrogens is 1. The maximum atomic E-state index is 12.7. The van der Waals surface area contributed by atoms with Crippen LogP contribution in [0.3, 0.4) is 0 Å². The van der Waals surface area contributed by atoms with Crippen molar-refractivity contribution in [2.45, 2.75) is 31.7 Å². The number of carbonyl (C=O) groups is 1. The van der Waals surface area contributed by atoms with E-state index in [1.54, 1.807) is 30.5 Å². The van der Waals surface area contributed by atoms with E-state index in [0.29, 0.717) is 11.4 Å². The molecule has 1 atom stereocenters. The second-order valence-corrected chi connectivity index (χ2v) is 8.13. The van der Waals surface area contributed by atoms with Gasteiger partial charge < -0.3 is 5.32 Å². The number of sulfonamides is 1. The van der Waals surface area contributed by atoms with E-state index in [1.165, 1.54) is 6.07 Å². The van der Waals surface area contributed by atoms with Crippen LogP contribution in [0.2, 0.25) is 0 Å². The van der Waals surface area contributed by atoms with Crippen LogP contribution in [0.15, 0.2) is 52.5 Å². The Hall–Kier alpha value is -2.74. The summed E-state index contributed by atoms with van der Waals surface area (Å²) in [7, 11) is -3.64. The molecule has 1 aliphatic heterocycles. The molecule has 136 valence electrons. The van der Waals surface area contributed by atoms with E-state index in [-0.39, 0.29) is 22.6 Å². The minimum absolute atomic E-state index is 0.134. The summed E-state index contributed by atoms with van der Waals surface area (Å²) < 4.78 is 26.8. The quantitative estimate of drug-likeness (QED) is 0.858. The van der Waals surface area contributed by atoms with E-state index in [2.05, 4.69) is 20.0 Å². The van der Waals surface area contributed by atoms with Crippen LogP contribution >= 0.6 is 0 Å². The van der Waals surface area contributed by atoms with Gasteiger partial charge in [0, 0.05) is 11.8 Å². The van der Waals surface area contributed by atoms with Crippen LogP contribution in [0, 0.1) is 12.8 Å². The van der Waals surface area contributed by atoms with Gasteiger partial charge in [-0.1, -0.05) is 32.0 Å². The van der Waals surface area contributed by atoms with E-state index in [0.717, 1.165) is 5.56 Å². The highest BCUT2D eigenvalue weighted by Crippen LogP contribution is 2.23. The van der Waals surface area contributed by atoms with Crippen molar-refractivity contribution < 1.29 is 13.2 Å². The number of nitrogens with zero attached hydrogens (tertiary/aromatic N) is 2. The van der Waals surface area contributed by atoms with Crippen molar-refractivity contribution >= 4 is 27.6 Å². The summed E-state index contributed by atoms with van der Waals surface area (Å²) in [5.41, 5.74) is 1.46. The number of carbonyl (C=O) groups excluding carboxylic acids is 1. The largest absolute Gasteiger partial charge is 0.309 e. The summed E-state index contributed by atoms with van der Waals surface area (Å²) in [5.74, 6) is 0.141. The molecule has 1 aliphatic rings. The van der Waals surface area contributed by atoms with Crippen LogP contribution in [0.4, 0.5) is 5.82 Å². The summed E-state index contributed by atoms with van der Waals surface area (Å²) in [6.07, 6.45) is 1.66. The molecule has 0 saturated carbocycles. The van der Waals surface area contributed by atoms with E-state index < -0.39 is 16.1 Å². The fourth-order valence-corrected chi connectivity index (χ4v) is 3.86. The molecule has 8 heteroatoms. The number of hydrogen-bond donors (Lipinski definition) is 2. The lowest BCUT2D eigenvalue weighted by Crippen LogP contribution is -2.34. The number of amidine groups is 1. The zero-order valence-corrected chi connectivity index (χ0v) is 15.5. The number of aryl methyl sites for hydroxylation is 1. The second kappa shape index (κ2) is 6.87. The molecule has 0 aliphatic carbocycles. The molecule has 2 N–H and O–H groups in total. The van der Waals surface area contributed by atoms with Crippen molar-refractivity contribution in [1.82, 2.24) is 9.71 Å². The molecule has 0 radical (unpaired) electrons. The van der Waals surface area contributed by atoms with Crippen molar-refractivity contribution in [3.8, 4) is 0 Å². The molecule has 26 heavy (non-hydrogen) atoms. The molecule has 1 aromatic heterocycles. The summed E-state index contributed by atoms with van der Waals surface area (Å²) >= 11 is 0. The first-order chi connectivity index (χ1) is 12.3. The molecule has 3 rings (SSSR count). The van der Waals surface area contributed by atoms with Gasteiger partial charge in [-0.2, -0.15) is 0 Å². The van der Waals surface area contributed by atoms with Gasteiger partial charge in [-0.25, -0.2) is 13.4 Å². The molecule has 0 saturated heterocycles. The molecule has 0 bridgehead atoms. The first-order valence-electron chi connectivity index (χ1n) is 8.21. The van der Waals surface area contributed by atoms with Gasteiger partial charge in [-0.15, -0.1) is 0 Å². The van der Waals surface area contributed by atoms with Crippen LogP contribution in [-0.4, -0.2) is 31.2 Å². The second-order valence-electron chi connectivity index (χ2n) is 6.48. The zero-order chi connectivity index (χ0) is 18.9. The highest BCUT2D eigenvalue weighted by Gasteiger charge is 2.32. The maximum Gasteiger partial charge on any atom is 0.263 e. The zero-order valence-electron chi connectivity index (χ0n) is 14.7. The minimum atomic E-state index is -3.64. The Labute approximate surface area is 152 Å². The molecule has 7 nitrogen and oxygen atoms in total. The summed E-state index contributed by atoms with van der Waals surface area (Å²) in [5, 5.41) is 2.73. The molecule has 0 unspecified atom stereocenters. The predicted octanol–water partition coefficient (Wildman–Crippen LogP) is 2.09. The molecule has 0 spiro atoms. The van der Waals surface area contributed by atoms with Gasteiger partial charge in [-0.3, -0.25) is 14.5 Å². The third kappa shape index (κ3) is 3.60. The predicted molar refractivity (Wildman–Crippen MR) is 99.5 cm³/mol. The Morgan fingerprint density at radius 2 is 1.92 bits per heavy atom. The molecule has 2 aromatic rings. The van der Waals surface area contributed by atoms with Gasteiger partial charge in [0.05, 0.1) is 4.90 Å². The fraction of sp³-hybridized carbons (Fsp3) is 0.278. The summed E-state index contributed by atoms with van der Waals surface area (Å²) in [6.45, 7) is 5.61. The molecular weight excluding hydrogens is 352 g/mol. The lowest BCUT2D eigenvalue weighted by molar-refractivity contribution is -0.118. The lowest BCUT2D eigenvalue weighted by atomic mass is 10.0. The van der Waals surface area contributed by atoms with Gasteiger partial charge in [0.1, 0.15) is 17.7 Å². The third-order valence-corrected chi connectivity index (χ3v) is 5.39. The van der Waals surface area contributed by atoms with Gasteiger partial charge in [0.25, 0.3) is 15.9 Å². The Kier molecular flexibility index (Phi) is 4.78. The number of rotatable bonds is 4. The van der Waals surface area contributed by atoms with Gasteiger partial charge in [-0.05, 0) is 36.6 Å².